The molecular formula is C12H12ClFO2. The molecule has 0 radical (unpaired) electrons. The maximum Gasteiger partial charge on any atom is 0.313 e. The second kappa shape index (κ2) is 4.42. The van der Waals surface area contributed by atoms with E-state index in [1.807, 2.05) is 0 Å². The first kappa shape index (κ1) is 11.4. The molecule has 2 nitrogen and oxygen atoms in total. The molecule has 0 saturated carbocycles. The molecule has 0 heterocycles. The third-order valence-corrected chi connectivity index (χ3v) is 3.35. The number of hydrogen-bond donors (Lipinski definition) is 0. The largest absolute Gasteiger partial charge is 0.469 e. The van der Waals surface area contributed by atoms with Gasteiger partial charge in [0.1, 0.15) is 5.82 Å². The van der Waals surface area contributed by atoms with E-state index in [2.05, 4.69) is 0 Å². The maximum atomic E-state index is 13.7. The van der Waals surface area contributed by atoms with Crippen molar-refractivity contribution in [2.24, 2.45) is 0 Å². The van der Waals surface area contributed by atoms with Gasteiger partial charge in [0.2, 0.25) is 0 Å². The first-order valence-corrected chi connectivity index (χ1v) is 5.57. The molecule has 86 valence electrons. The van der Waals surface area contributed by atoms with Crippen molar-refractivity contribution in [3.05, 3.63) is 34.1 Å². The van der Waals surface area contributed by atoms with Gasteiger partial charge >= 0.3 is 5.97 Å². The SMILES string of the molecule is COC(=O)C1CCCc2c(Cl)ccc(F)c21. The summed E-state index contributed by atoms with van der Waals surface area (Å²) >= 11 is 6.01. The molecule has 4 heteroatoms. The van der Waals surface area contributed by atoms with Gasteiger partial charge in [0.25, 0.3) is 0 Å². The highest BCUT2D eigenvalue weighted by atomic mass is 35.5. The van der Waals surface area contributed by atoms with E-state index in [0.29, 0.717) is 17.0 Å². The third kappa shape index (κ3) is 1.80. The van der Waals surface area contributed by atoms with Crippen molar-refractivity contribution < 1.29 is 13.9 Å². The van der Waals surface area contributed by atoms with Gasteiger partial charge in [-0.3, -0.25) is 4.79 Å². The number of methoxy groups -OCH3 is 1. The fraction of sp³-hybridized carbons (Fsp3) is 0.417. The van der Waals surface area contributed by atoms with Crippen LogP contribution in [-0.4, -0.2) is 13.1 Å². The van der Waals surface area contributed by atoms with Crippen molar-refractivity contribution in [1.29, 1.82) is 0 Å². The minimum Gasteiger partial charge on any atom is -0.469 e. The molecular weight excluding hydrogens is 231 g/mol. The lowest BCUT2D eigenvalue weighted by atomic mass is 9.82. The highest BCUT2D eigenvalue weighted by molar-refractivity contribution is 6.31. The van der Waals surface area contributed by atoms with Crippen LogP contribution in [0.5, 0.6) is 0 Å². The Morgan fingerprint density at radius 3 is 3.00 bits per heavy atom. The lowest BCUT2D eigenvalue weighted by molar-refractivity contribution is -0.142. The molecule has 1 aliphatic carbocycles. The third-order valence-electron chi connectivity index (χ3n) is 3.00. The van der Waals surface area contributed by atoms with E-state index in [0.717, 1.165) is 18.4 Å². The molecule has 0 fully saturated rings. The van der Waals surface area contributed by atoms with Crippen LogP contribution in [0.3, 0.4) is 0 Å². The van der Waals surface area contributed by atoms with E-state index >= 15 is 0 Å². The molecule has 0 aliphatic heterocycles. The lowest BCUT2D eigenvalue weighted by Crippen LogP contribution is -2.21. The molecule has 1 unspecified atom stereocenters. The summed E-state index contributed by atoms with van der Waals surface area (Å²) in [6, 6.07) is 2.85. The molecule has 16 heavy (non-hydrogen) atoms. The summed E-state index contributed by atoms with van der Waals surface area (Å²) < 4.78 is 18.4. The summed E-state index contributed by atoms with van der Waals surface area (Å²) in [7, 11) is 1.32. The van der Waals surface area contributed by atoms with Crippen LogP contribution in [0.15, 0.2) is 12.1 Å². The summed E-state index contributed by atoms with van der Waals surface area (Å²) in [5.41, 5.74) is 1.17. The van der Waals surface area contributed by atoms with Crippen molar-refractivity contribution in [3.8, 4) is 0 Å². The Bertz CT molecular complexity index is 431. The zero-order valence-electron chi connectivity index (χ0n) is 8.93. The first-order chi connectivity index (χ1) is 7.65. The van der Waals surface area contributed by atoms with Gasteiger partial charge in [0, 0.05) is 10.6 Å². The van der Waals surface area contributed by atoms with E-state index in [4.69, 9.17) is 16.3 Å². The number of ether oxygens (including phenoxy) is 1. The van der Waals surface area contributed by atoms with Gasteiger partial charge in [-0.25, -0.2) is 4.39 Å². The number of rotatable bonds is 1. The van der Waals surface area contributed by atoms with E-state index in [1.54, 1.807) is 0 Å². The molecule has 0 bridgehead atoms. The van der Waals surface area contributed by atoms with Crippen molar-refractivity contribution >= 4 is 17.6 Å². The smallest absolute Gasteiger partial charge is 0.313 e. The summed E-state index contributed by atoms with van der Waals surface area (Å²) in [5, 5.41) is 0.532. The normalized spacial score (nSPS) is 19.1. The number of hydrogen-bond acceptors (Lipinski definition) is 2. The summed E-state index contributed by atoms with van der Waals surface area (Å²) in [5.74, 6) is -1.26. The van der Waals surface area contributed by atoms with Crippen LogP contribution in [0.4, 0.5) is 4.39 Å². The molecule has 1 atom stereocenters. The van der Waals surface area contributed by atoms with Gasteiger partial charge in [-0.05, 0) is 37.0 Å². The molecule has 2 rings (SSSR count). The Labute approximate surface area is 98.4 Å². The van der Waals surface area contributed by atoms with E-state index < -0.39 is 5.92 Å². The average molecular weight is 243 g/mol. The summed E-state index contributed by atoms with van der Waals surface area (Å²) in [4.78, 5) is 11.6. The zero-order valence-corrected chi connectivity index (χ0v) is 9.68. The molecule has 1 aromatic carbocycles. The fourth-order valence-corrected chi connectivity index (χ4v) is 2.50. The number of halogens is 2. The van der Waals surface area contributed by atoms with Crippen molar-refractivity contribution in [1.82, 2.24) is 0 Å². The number of carbonyl (C=O) groups excluding carboxylic acids is 1. The van der Waals surface area contributed by atoms with Crippen LogP contribution >= 0.6 is 11.6 Å². The minimum absolute atomic E-state index is 0.366. The zero-order chi connectivity index (χ0) is 11.7. The lowest BCUT2D eigenvalue weighted by Gasteiger charge is -2.24. The van der Waals surface area contributed by atoms with Crippen LogP contribution < -0.4 is 0 Å². The quantitative estimate of drug-likeness (QED) is 0.708. The highest BCUT2D eigenvalue weighted by Crippen LogP contribution is 2.37. The van der Waals surface area contributed by atoms with Crippen LogP contribution in [-0.2, 0) is 16.0 Å². The Balaban J connectivity index is 2.53. The molecule has 0 amide bonds. The molecule has 0 aromatic heterocycles. The van der Waals surface area contributed by atoms with E-state index in [-0.39, 0.29) is 11.8 Å². The second-order valence-corrected chi connectivity index (χ2v) is 4.30. The van der Waals surface area contributed by atoms with Crippen molar-refractivity contribution in [2.45, 2.75) is 25.2 Å². The predicted octanol–water partition coefficient (Wildman–Crippen LogP) is 3.07. The van der Waals surface area contributed by atoms with Crippen LogP contribution in [0.1, 0.15) is 29.9 Å². The Kier molecular flexibility index (Phi) is 3.15. The van der Waals surface area contributed by atoms with Gasteiger partial charge in [-0.1, -0.05) is 11.6 Å². The average Bonchev–Trinajstić information content (AvgIpc) is 2.32. The number of esters is 1. The maximum absolute atomic E-state index is 13.7. The van der Waals surface area contributed by atoms with Gasteiger partial charge in [0.05, 0.1) is 13.0 Å². The van der Waals surface area contributed by atoms with Gasteiger partial charge in [0.15, 0.2) is 0 Å². The predicted molar refractivity (Wildman–Crippen MR) is 59.1 cm³/mol. The first-order valence-electron chi connectivity index (χ1n) is 5.19. The van der Waals surface area contributed by atoms with Crippen molar-refractivity contribution in [3.63, 3.8) is 0 Å². The topological polar surface area (TPSA) is 26.3 Å². The van der Waals surface area contributed by atoms with Gasteiger partial charge < -0.3 is 4.74 Å². The fourth-order valence-electron chi connectivity index (χ4n) is 2.25. The number of carbonyl (C=O) groups is 1. The van der Waals surface area contributed by atoms with Crippen LogP contribution in [0.2, 0.25) is 5.02 Å². The summed E-state index contributed by atoms with van der Waals surface area (Å²) in [6.07, 6.45) is 2.17. The van der Waals surface area contributed by atoms with E-state index in [9.17, 15) is 9.18 Å². The number of benzene rings is 1. The van der Waals surface area contributed by atoms with Gasteiger partial charge in [-0.2, -0.15) is 0 Å². The monoisotopic (exact) mass is 242 g/mol. The van der Waals surface area contributed by atoms with Crippen LogP contribution in [0, 0.1) is 5.82 Å². The minimum atomic E-state index is -0.507. The second-order valence-electron chi connectivity index (χ2n) is 3.89. The Hall–Kier alpha value is -1.09. The Morgan fingerprint density at radius 1 is 1.56 bits per heavy atom. The highest BCUT2D eigenvalue weighted by Gasteiger charge is 2.31. The summed E-state index contributed by atoms with van der Waals surface area (Å²) in [6.45, 7) is 0. The van der Waals surface area contributed by atoms with Crippen molar-refractivity contribution in [2.75, 3.05) is 7.11 Å². The Morgan fingerprint density at radius 2 is 2.31 bits per heavy atom. The number of fused-ring (bicyclic) bond motifs is 1. The molecule has 0 saturated heterocycles. The molecule has 1 aromatic rings. The standard InChI is InChI=1S/C12H12ClFO2/c1-16-12(15)8-4-2-3-7-9(13)5-6-10(14)11(7)8/h5-6,8H,2-4H2,1H3. The molecule has 1 aliphatic rings. The van der Waals surface area contributed by atoms with Crippen LogP contribution in [0.25, 0.3) is 0 Å². The molecule has 0 N–H and O–H groups in total. The van der Waals surface area contributed by atoms with Gasteiger partial charge in [-0.15, -0.1) is 0 Å². The molecule has 0 spiro atoms. The van der Waals surface area contributed by atoms with E-state index in [1.165, 1.54) is 19.2 Å².